The molecule has 0 saturated heterocycles. The van der Waals surface area contributed by atoms with Gasteiger partial charge in [0.1, 0.15) is 0 Å². The van der Waals surface area contributed by atoms with Crippen molar-refractivity contribution in [2.45, 2.75) is 19.3 Å². The molecule has 288 valence electrons. The van der Waals surface area contributed by atoms with E-state index < -0.39 is 0 Å². The number of nitrogens with zero attached hydrogens (tertiary/aromatic N) is 5. The lowest BCUT2D eigenvalue weighted by Crippen LogP contribution is -2.15. The smallest absolute Gasteiger partial charge is 0.164 e. The Labute approximate surface area is 355 Å². The summed E-state index contributed by atoms with van der Waals surface area (Å²) < 4.78 is 0. The zero-order chi connectivity index (χ0) is 40.9. The van der Waals surface area contributed by atoms with Crippen LogP contribution in [-0.4, -0.2) is 24.9 Å². The van der Waals surface area contributed by atoms with Crippen molar-refractivity contribution in [1.82, 2.24) is 24.9 Å². The molecule has 0 atom stereocenters. The predicted octanol–water partition coefficient (Wildman–Crippen LogP) is 13.8. The molecule has 11 rings (SSSR count). The Hall–Kier alpha value is -7.89. The van der Waals surface area contributed by atoms with Crippen molar-refractivity contribution < 1.29 is 0 Å². The maximum atomic E-state index is 5.21. The topological polar surface area (TPSA) is 64.5 Å². The summed E-state index contributed by atoms with van der Waals surface area (Å²) in [6.45, 7) is 4.64. The molecular formula is C56H39N5. The highest BCUT2D eigenvalue weighted by atomic mass is 15.0. The molecule has 61 heavy (non-hydrogen) atoms. The first kappa shape index (κ1) is 36.2. The van der Waals surface area contributed by atoms with E-state index in [0.717, 1.165) is 55.9 Å². The second-order valence-electron chi connectivity index (χ2n) is 16.1. The van der Waals surface area contributed by atoms with Crippen LogP contribution in [0.5, 0.6) is 0 Å². The number of benzene rings is 8. The molecule has 2 aromatic heterocycles. The highest BCUT2D eigenvalue weighted by Crippen LogP contribution is 2.52. The Morgan fingerprint density at radius 2 is 0.787 bits per heavy atom. The predicted molar refractivity (Wildman–Crippen MR) is 249 cm³/mol. The molecule has 5 nitrogen and oxygen atoms in total. The van der Waals surface area contributed by atoms with Crippen molar-refractivity contribution in [2.75, 3.05) is 0 Å². The van der Waals surface area contributed by atoms with Gasteiger partial charge in [-0.15, -0.1) is 0 Å². The van der Waals surface area contributed by atoms with Crippen LogP contribution < -0.4 is 0 Å². The van der Waals surface area contributed by atoms with Crippen LogP contribution in [0.4, 0.5) is 0 Å². The fourth-order valence-electron chi connectivity index (χ4n) is 8.76. The van der Waals surface area contributed by atoms with Gasteiger partial charge < -0.3 is 0 Å². The maximum absolute atomic E-state index is 5.21. The first-order valence-electron chi connectivity index (χ1n) is 20.7. The number of hydrogen-bond acceptors (Lipinski definition) is 5. The number of aromatic nitrogens is 5. The summed E-state index contributed by atoms with van der Waals surface area (Å²) in [4.78, 5) is 25.5. The lowest BCUT2D eigenvalue weighted by Gasteiger charge is -2.22. The molecule has 0 unspecified atom stereocenters. The molecule has 5 heteroatoms. The van der Waals surface area contributed by atoms with Crippen LogP contribution in [0.1, 0.15) is 25.0 Å². The molecule has 0 saturated carbocycles. The minimum atomic E-state index is -0.191. The van der Waals surface area contributed by atoms with Gasteiger partial charge in [0.25, 0.3) is 0 Å². The largest absolute Gasteiger partial charge is 0.228 e. The summed E-state index contributed by atoms with van der Waals surface area (Å²) in [6, 6.07) is 69.6. The van der Waals surface area contributed by atoms with Crippen molar-refractivity contribution in [3.8, 4) is 90.3 Å². The van der Waals surface area contributed by atoms with Crippen LogP contribution in [0.3, 0.4) is 0 Å². The van der Waals surface area contributed by atoms with Crippen molar-refractivity contribution in [3.63, 3.8) is 0 Å². The van der Waals surface area contributed by atoms with Gasteiger partial charge in [0.15, 0.2) is 23.3 Å². The van der Waals surface area contributed by atoms with Crippen LogP contribution >= 0.6 is 0 Å². The van der Waals surface area contributed by atoms with Crippen LogP contribution in [0.25, 0.3) is 101 Å². The maximum Gasteiger partial charge on any atom is 0.164 e. The summed E-state index contributed by atoms with van der Waals surface area (Å²) >= 11 is 0. The van der Waals surface area contributed by atoms with Crippen LogP contribution in [0.15, 0.2) is 200 Å². The molecular weight excluding hydrogens is 743 g/mol. The molecule has 0 amide bonds. The zero-order valence-electron chi connectivity index (χ0n) is 33.8. The Balaban J connectivity index is 0.999. The summed E-state index contributed by atoms with van der Waals surface area (Å²) in [5.41, 5.74) is 14.7. The summed E-state index contributed by atoms with van der Waals surface area (Å²) in [7, 11) is 0. The van der Waals surface area contributed by atoms with Crippen LogP contribution in [0.2, 0.25) is 0 Å². The van der Waals surface area contributed by atoms with Gasteiger partial charge in [0.2, 0.25) is 0 Å². The van der Waals surface area contributed by atoms with E-state index >= 15 is 0 Å². The minimum Gasteiger partial charge on any atom is -0.228 e. The quantitative estimate of drug-likeness (QED) is 0.161. The Bertz CT molecular complexity index is 3210. The molecule has 0 N–H and O–H groups in total. The fourth-order valence-corrected chi connectivity index (χ4v) is 8.76. The van der Waals surface area contributed by atoms with Crippen molar-refractivity contribution in [3.05, 3.63) is 211 Å². The molecule has 1 aliphatic rings. The zero-order valence-corrected chi connectivity index (χ0v) is 33.8. The van der Waals surface area contributed by atoms with Crippen LogP contribution in [-0.2, 0) is 5.41 Å². The molecule has 1 aliphatic carbocycles. The highest BCUT2D eigenvalue weighted by molar-refractivity contribution is 6.02. The lowest BCUT2D eigenvalue weighted by molar-refractivity contribution is 0.661. The Kier molecular flexibility index (Phi) is 8.75. The second-order valence-corrected chi connectivity index (χ2v) is 16.1. The van der Waals surface area contributed by atoms with E-state index in [2.05, 4.69) is 159 Å². The fraction of sp³-hybridized carbons (Fsp3) is 0.0536. The summed E-state index contributed by atoms with van der Waals surface area (Å²) in [5.74, 6) is 2.58. The molecule has 0 aliphatic heterocycles. The van der Waals surface area contributed by atoms with E-state index in [-0.39, 0.29) is 5.41 Å². The Morgan fingerprint density at radius 1 is 0.311 bits per heavy atom. The number of rotatable bonds is 7. The second kappa shape index (κ2) is 14.7. The van der Waals surface area contributed by atoms with Crippen molar-refractivity contribution >= 4 is 10.8 Å². The average Bonchev–Trinajstić information content (AvgIpc) is 3.57. The average molecular weight is 782 g/mol. The molecule has 0 bridgehead atoms. The summed E-state index contributed by atoms with van der Waals surface area (Å²) in [6.07, 6.45) is 0. The first-order valence-corrected chi connectivity index (χ1v) is 20.7. The van der Waals surface area contributed by atoms with Crippen molar-refractivity contribution in [2.24, 2.45) is 0 Å². The monoisotopic (exact) mass is 781 g/mol. The minimum absolute atomic E-state index is 0.191. The van der Waals surface area contributed by atoms with Gasteiger partial charge >= 0.3 is 0 Å². The van der Waals surface area contributed by atoms with E-state index in [9.17, 15) is 0 Å². The van der Waals surface area contributed by atoms with Gasteiger partial charge in [0, 0.05) is 38.8 Å². The number of fused-ring (bicyclic) bond motifs is 5. The Morgan fingerprint density at radius 3 is 1.44 bits per heavy atom. The van der Waals surface area contributed by atoms with E-state index in [1.807, 2.05) is 54.6 Å². The van der Waals surface area contributed by atoms with Gasteiger partial charge in [-0.1, -0.05) is 190 Å². The third-order valence-electron chi connectivity index (χ3n) is 11.9. The molecule has 0 radical (unpaired) electrons. The third kappa shape index (κ3) is 6.57. The van der Waals surface area contributed by atoms with Gasteiger partial charge in [-0.05, 0) is 68.4 Å². The molecule has 0 fully saturated rings. The molecule has 0 spiro atoms. The van der Waals surface area contributed by atoms with E-state index in [4.69, 9.17) is 24.9 Å². The number of hydrogen-bond donors (Lipinski definition) is 0. The standard InChI is InChI=1S/C56H39N5/c1-56(2)47-31-29-36-16-12-13-27-45(36)51(47)46-30-28-44(34-48(46)56)55-60-53(39-21-10-5-11-22-39)59-54(61-55)43-26-15-24-41(33-43)40-23-14-25-42(32-40)50-35-49(37-17-6-3-7-18-37)57-52(58-50)38-19-8-4-9-20-38/h3-35H,1-2H3. The van der Waals surface area contributed by atoms with Crippen LogP contribution in [0, 0.1) is 0 Å². The van der Waals surface area contributed by atoms with Crippen molar-refractivity contribution in [1.29, 1.82) is 0 Å². The third-order valence-corrected chi connectivity index (χ3v) is 11.9. The first-order chi connectivity index (χ1) is 30.0. The SMILES string of the molecule is CC1(C)c2cc(-c3nc(-c4ccccc4)nc(-c4cccc(-c5cccc(-c6cc(-c7ccccc7)nc(-c7ccccc7)n6)c5)c4)n3)ccc2-c2c1ccc1ccccc21. The molecule has 2 heterocycles. The van der Waals surface area contributed by atoms with E-state index in [0.29, 0.717) is 23.3 Å². The van der Waals surface area contributed by atoms with Gasteiger partial charge in [-0.2, -0.15) is 0 Å². The summed E-state index contributed by atoms with van der Waals surface area (Å²) in [5, 5.41) is 2.53. The highest BCUT2D eigenvalue weighted by Gasteiger charge is 2.36. The molecule has 10 aromatic rings. The van der Waals surface area contributed by atoms with Gasteiger partial charge in [0.05, 0.1) is 11.4 Å². The lowest BCUT2D eigenvalue weighted by atomic mass is 9.81. The van der Waals surface area contributed by atoms with Gasteiger partial charge in [-0.25, -0.2) is 24.9 Å². The normalized spacial score (nSPS) is 12.6. The van der Waals surface area contributed by atoms with E-state index in [1.54, 1.807) is 0 Å². The van der Waals surface area contributed by atoms with Gasteiger partial charge in [-0.3, -0.25) is 0 Å². The molecule has 8 aromatic carbocycles. The van der Waals surface area contributed by atoms with E-state index in [1.165, 1.54) is 33.0 Å².